The highest BCUT2D eigenvalue weighted by molar-refractivity contribution is 5.83. The first kappa shape index (κ1) is 15.0. The maximum atomic E-state index is 12.1. The van der Waals surface area contributed by atoms with E-state index in [4.69, 9.17) is 5.11 Å². The second kappa shape index (κ2) is 6.18. The second-order valence-electron chi connectivity index (χ2n) is 5.65. The van der Waals surface area contributed by atoms with Crippen molar-refractivity contribution >= 4 is 11.9 Å². The lowest BCUT2D eigenvalue weighted by Gasteiger charge is -2.28. The number of aliphatic carboxylic acids is 1. The molecule has 1 aliphatic heterocycles. The van der Waals surface area contributed by atoms with Gasteiger partial charge in [0.1, 0.15) is 6.04 Å². The summed E-state index contributed by atoms with van der Waals surface area (Å²) in [7, 11) is 3.64. The smallest absolute Gasteiger partial charge is 0.326 e. The van der Waals surface area contributed by atoms with Gasteiger partial charge in [-0.25, -0.2) is 4.79 Å². The minimum Gasteiger partial charge on any atom is -0.480 e. The van der Waals surface area contributed by atoms with Crippen molar-refractivity contribution in [2.24, 2.45) is 11.8 Å². The quantitative estimate of drug-likeness (QED) is 0.794. The highest BCUT2D eigenvalue weighted by Gasteiger charge is 2.31. The first-order valence-corrected chi connectivity index (χ1v) is 6.50. The summed E-state index contributed by atoms with van der Waals surface area (Å²) in [5.41, 5.74) is 0. The molecule has 0 aliphatic carbocycles. The average molecular weight is 256 g/mol. The molecule has 1 heterocycles. The van der Waals surface area contributed by atoms with Crippen LogP contribution in [0.15, 0.2) is 0 Å². The van der Waals surface area contributed by atoms with Crippen molar-refractivity contribution in [2.45, 2.75) is 32.7 Å². The zero-order valence-corrected chi connectivity index (χ0v) is 11.7. The predicted octanol–water partition coefficient (Wildman–Crippen LogP) is 0.896. The summed E-state index contributed by atoms with van der Waals surface area (Å²) in [6.07, 6.45) is 1.48. The topological polar surface area (TPSA) is 60.9 Å². The standard InChI is InChI=1S/C13H24N2O3/c1-9(2)12(13(17)18)15(4)11(16)7-10-5-6-14(3)8-10/h9-10,12H,5-8H2,1-4H3,(H,17,18). The molecular weight excluding hydrogens is 232 g/mol. The molecule has 5 heteroatoms. The highest BCUT2D eigenvalue weighted by Crippen LogP contribution is 2.20. The largest absolute Gasteiger partial charge is 0.480 e. The number of hydrogen-bond acceptors (Lipinski definition) is 3. The minimum absolute atomic E-state index is 0.0589. The van der Waals surface area contributed by atoms with E-state index in [1.807, 2.05) is 20.9 Å². The van der Waals surface area contributed by atoms with Crippen molar-refractivity contribution in [3.63, 3.8) is 0 Å². The Morgan fingerprint density at radius 3 is 2.44 bits per heavy atom. The van der Waals surface area contributed by atoms with E-state index in [-0.39, 0.29) is 11.8 Å². The molecule has 2 atom stereocenters. The number of hydrogen-bond donors (Lipinski definition) is 1. The van der Waals surface area contributed by atoms with Crippen LogP contribution in [0.5, 0.6) is 0 Å². The van der Waals surface area contributed by atoms with Crippen LogP contribution in [0.1, 0.15) is 26.7 Å². The minimum atomic E-state index is -0.926. The summed E-state index contributed by atoms with van der Waals surface area (Å²) in [5.74, 6) is -0.699. The van der Waals surface area contributed by atoms with E-state index in [0.29, 0.717) is 12.3 Å². The van der Waals surface area contributed by atoms with E-state index in [9.17, 15) is 9.59 Å². The predicted molar refractivity (Wildman–Crippen MR) is 69.3 cm³/mol. The summed E-state index contributed by atoms with van der Waals surface area (Å²) in [6.45, 7) is 5.60. The van der Waals surface area contributed by atoms with Crippen molar-refractivity contribution in [3.8, 4) is 0 Å². The Bertz CT molecular complexity index is 317. The molecule has 0 bridgehead atoms. The molecule has 1 rings (SSSR count). The van der Waals surface area contributed by atoms with E-state index in [2.05, 4.69) is 4.90 Å². The van der Waals surface area contributed by atoms with Gasteiger partial charge in [-0.15, -0.1) is 0 Å². The molecule has 1 fully saturated rings. The Morgan fingerprint density at radius 2 is 2.06 bits per heavy atom. The summed E-state index contributed by atoms with van der Waals surface area (Å²) in [4.78, 5) is 26.9. The Kier molecular flexibility index (Phi) is 5.14. The first-order valence-electron chi connectivity index (χ1n) is 6.50. The number of likely N-dealkylation sites (tertiary alicyclic amines) is 1. The zero-order chi connectivity index (χ0) is 13.9. The van der Waals surface area contributed by atoms with Crippen LogP contribution in [-0.2, 0) is 9.59 Å². The zero-order valence-electron chi connectivity index (χ0n) is 11.7. The number of likely N-dealkylation sites (N-methyl/N-ethyl adjacent to an activating group) is 1. The van der Waals surface area contributed by atoms with Gasteiger partial charge >= 0.3 is 5.97 Å². The van der Waals surface area contributed by atoms with Crippen molar-refractivity contribution in [3.05, 3.63) is 0 Å². The molecule has 0 radical (unpaired) electrons. The van der Waals surface area contributed by atoms with Crippen LogP contribution < -0.4 is 0 Å². The molecule has 18 heavy (non-hydrogen) atoms. The van der Waals surface area contributed by atoms with Gasteiger partial charge in [-0.3, -0.25) is 4.79 Å². The molecule has 5 nitrogen and oxygen atoms in total. The van der Waals surface area contributed by atoms with Gasteiger partial charge in [0, 0.05) is 20.0 Å². The Morgan fingerprint density at radius 1 is 1.44 bits per heavy atom. The van der Waals surface area contributed by atoms with Crippen LogP contribution in [0.4, 0.5) is 0 Å². The molecule has 1 aliphatic rings. The van der Waals surface area contributed by atoms with Gasteiger partial charge in [0.05, 0.1) is 0 Å². The van der Waals surface area contributed by atoms with Crippen LogP contribution >= 0.6 is 0 Å². The maximum absolute atomic E-state index is 12.1. The van der Waals surface area contributed by atoms with Gasteiger partial charge in [-0.2, -0.15) is 0 Å². The lowest BCUT2D eigenvalue weighted by Crippen LogP contribution is -2.46. The number of carboxylic acid groups (broad SMARTS) is 1. The Labute approximate surface area is 109 Å². The van der Waals surface area contributed by atoms with Gasteiger partial charge in [0.2, 0.25) is 5.91 Å². The van der Waals surface area contributed by atoms with E-state index >= 15 is 0 Å². The fourth-order valence-corrected chi connectivity index (χ4v) is 2.64. The molecule has 0 aromatic rings. The second-order valence-corrected chi connectivity index (χ2v) is 5.65. The number of amides is 1. The third kappa shape index (κ3) is 3.70. The van der Waals surface area contributed by atoms with E-state index in [0.717, 1.165) is 19.5 Å². The lowest BCUT2D eigenvalue weighted by atomic mass is 10.00. The highest BCUT2D eigenvalue weighted by atomic mass is 16.4. The molecule has 2 unspecified atom stereocenters. The molecule has 104 valence electrons. The molecule has 1 saturated heterocycles. The van der Waals surface area contributed by atoms with Gasteiger partial charge < -0.3 is 14.9 Å². The van der Waals surface area contributed by atoms with Crippen LogP contribution in [0.3, 0.4) is 0 Å². The van der Waals surface area contributed by atoms with Gasteiger partial charge in [-0.05, 0) is 31.8 Å². The monoisotopic (exact) mass is 256 g/mol. The number of carbonyl (C=O) groups excluding carboxylic acids is 1. The number of carboxylic acids is 1. The van der Waals surface area contributed by atoms with Crippen molar-refractivity contribution in [1.29, 1.82) is 0 Å². The normalized spacial score (nSPS) is 22.2. The van der Waals surface area contributed by atoms with E-state index in [1.165, 1.54) is 4.90 Å². The third-order valence-corrected chi connectivity index (χ3v) is 3.65. The SMILES string of the molecule is CC(C)C(C(=O)O)N(C)C(=O)CC1CCN(C)C1. The lowest BCUT2D eigenvalue weighted by molar-refractivity contribution is -0.151. The number of nitrogens with zero attached hydrogens (tertiary/aromatic N) is 2. The maximum Gasteiger partial charge on any atom is 0.326 e. The number of carbonyl (C=O) groups is 2. The van der Waals surface area contributed by atoms with Gasteiger partial charge in [-0.1, -0.05) is 13.8 Å². The molecule has 0 aromatic heterocycles. The number of rotatable bonds is 5. The Hall–Kier alpha value is -1.10. The van der Waals surface area contributed by atoms with Crippen LogP contribution in [-0.4, -0.2) is 60.0 Å². The fourth-order valence-electron chi connectivity index (χ4n) is 2.64. The summed E-state index contributed by atoms with van der Waals surface area (Å²) in [5, 5.41) is 9.16. The molecule has 1 amide bonds. The van der Waals surface area contributed by atoms with Crippen molar-refractivity contribution in [2.75, 3.05) is 27.2 Å². The van der Waals surface area contributed by atoms with Crippen LogP contribution in [0, 0.1) is 11.8 Å². The summed E-state index contributed by atoms with van der Waals surface area (Å²) >= 11 is 0. The molecule has 0 spiro atoms. The van der Waals surface area contributed by atoms with E-state index in [1.54, 1.807) is 7.05 Å². The molecular formula is C13H24N2O3. The summed E-state index contributed by atoms with van der Waals surface area (Å²) in [6, 6.07) is -0.725. The fraction of sp³-hybridized carbons (Fsp3) is 0.846. The van der Waals surface area contributed by atoms with Crippen LogP contribution in [0.2, 0.25) is 0 Å². The average Bonchev–Trinajstić information content (AvgIpc) is 2.62. The molecule has 1 N–H and O–H groups in total. The van der Waals surface area contributed by atoms with Crippen LogP contribution in [0.25, 0.3) is 0 Å². The van der Waals surface area contributed by atoms with Crippen molar-refractivity contribution in [1.82, 2.24) is 9.80 Å². The summed E-state index contributed by atoms with van der Waals surface area (Å²) < 4.78 is 0. The third-order valence-electron chi connectivity index (χ3n) is 3.65. The van der Waals surface area contributed by atoms with Crippen molar-refractivity contribution < 1.29 is 14.7 Å². The first-order chi connectivity index (χ1) is 8.32. The molecule has 0 aromatic carbocycles. The molecule has 0 saturated carbocycles. The van der Waals surface area contributed by atoms with Gasteiger partial charge in [0.15, 0.2) is 0 Å². The van der Waals surface area contributed by atoms with Gasteiger partial charge in [0.25, 0.3) is 0 Å². The Balaban J connectivity index is 2.57. The van der Waals surface area contributed by atoms with E-state index < -0.39 is 12.0 Å².